The van der Waals surface area contributed by atoms with Gasteiger partial charge in [-0.1, -0.05) is 6.58 Å². The van der Waals surface area contributed by atoms with E-state index in [1.807, 2.05) is 0 Å². The summed E-state index contributed by atoms with van der Waals surface area (Å²) in [5.74, 6) is -3.98. The molecule has 0 saturated carbocycles. The molecule has 0 radical (unpaired) electrons. The van der Waals surface area contributed by atoms with Gasteiger partial charge < -0.3 is 23.7 Å². The molecule has 0 bridgehead atoms. The van der Waals surface area contributed by atoms with Crippen LogP contribution in [-0.2, 0) is 42.9 Å². The van der Waals surface area contributed by atoms with Gasteiger partial charge in [0.15, 0.2) is 5.92 Å². The van der Waals surface area contributed by atoms with E-state index in [9.17, 15) is 19.2 Å². The Balaban J connectivity index is 3.95. The van der Waals surface area contributed by atoms with Gasteiger partial charge in [-0.3, -0.25) is 9.59 Å². The Morgan fingerprint density at radius 3 is 1.76 bits per heavy atom. The standard InChI is InChI=1S/C20H32O9/c1-5-25-14-16(19(23)27-7-3)20(24)29-13-11-9-8-10-12-28-18(22)15(4)17(21)26-6-2/h16H,4-14H2,1-3H3. The summed E-state index contributed by atoms with van der Waals surface area (Å²) in [6, 6.07) is 0. The third-order valence-corrected chi connectivity index (χ3v) is 3.63. The molecule has 0 aliphatic rings. The van der Waals surface area contributed by atoms with Gasteiger partial charge in [-0.05, 0) is 46.5 Å². The number of hydrogen-bond donors (Lipinski definition) is 0. The fourth-order valence-electron chi connectivity index (χ4n) is 2.10. The molecule has 1 atom stereocenters. The van der Waals surface area contributed by atoms with Gasteiger partial charge >= 0.3 is 23.9 Å². The minimum Gasteiger partial charge on any atom is -0.465 e. The quantitative estimate of drug-likeness (QED) is 0.0930. The summed E-state index contributed by atoms with van der Waals surface area (Å²) in [6.07, 6.45) is 2.65. The monoisotopic (exact) mass is 416 g/mol. The lowest BCUT2D eigenvalue weighted by Crippen LogP contribution is -2.32. The third-order valence-electron chi connectivity index (χ3n) is 3.63. The number of hydrogen-bond acceptors (Lipinski definition) is 9. The van der Waals surface area contributed by atoms with Gasteiger partial charge in [0.05, 0.1) is 33.0 Å². The first-order chi connectivity index (χ1) is 13.9. The Kier molecular flexibility index (Phi) is 15.1. The van der Waals surface area contributed by atoms with E-state index < -0.39 is 29.8 Å². The highest BCUT2D eigenvalue weighted by Gasteiger charge is 2.29. The first-order valence-corrected chi connectivity index (χ1v) is 9.83. The zero-order chi connectivity index (χ0) is 22.1. The molecule has 0 spiro atoms. The van der Waals surface area contributed by atoms with E-state index in [4.69, 9.17) is 18.9 Å². The van der Waals surface area contributed by atoms with Crippen LogP contribution in [0, 0.1) is 5.92 Å². The van der Waals surface area contributed by atoms with Crippen LogP contribution in [0.5, 0.6) is 0 Å². The molecule has 0 aromatic carbocycles. The summed E-state index contributed by atoms with van der Waals surface area (Å²) in [5.41, 5.74) is -0.332. The number of carbonyl (C=O) groups is 4. The van der Waals surface area contributed by atoms with Crippen molar-refractivity contribution in [3.63, 3.8) is 0 Å². The molecule has 0 amide bonds. The molecule has 0 saturated heterocycles. The molecular formula is C20H32O9. The van der Waals surface area contributed by atoms with Crippen molar-refractivity contribution in [2.45, 2.75) is 46.5 Å². The van der Waals surface area contributed by atoms with E-state index >= 15 is 0 Å². The first kappa shape index (κ1) is 26.6. The molecule has 0 aromatic rings. The lowest BCUT2D eigenvalue weighted by atomic mass is 10.1. The molecule has 0 fully saturated rings. The van der Waals surface area contributed by atoms with Crippen molar-refractivity contribution in [2.24, 2.45) is 5.92 Å². The van der Waals surface area contributed by atoms with Gasteiger partial charge in [0.1, 0.15) is 5.57 Å². The molecule has 29 heavy (non-hydrogen) atoms. The lowest BCUT2D eigenvalue weighted by molar-refractivity contribution is -0.165. The number of ether oxygens (including phenoxy) is 5. The highest BCUT2D eigenvalue weighted by atomic mass is 16.6. The first-order valence-electron chi connectivity index (χ1n) is 9.83. The lowest BCUT2D eigenvalue weighted by Gasteiger charge is -2.14. The van der Waals surface area contributed by atoms with Gasteiger partial charge in [0.2, 0.25) is 0 Å². The molecule has 9 heteroatoms. The van der Waals surface area contributed by atoms with Crippen molar-refractivity contribution in [3.8, 4) is 0 Å². The number of rotatable bonds is 16. The normalized spacial score (nSPS) is 11.3. The highest BCUT2D eigenvalue weighted by molar-refractivity contribution is 6.13. The summed E-state index contributed by atoms with van der Waals surface area (Å²) < 4.78 is 24.7. The Bertz CT molecular complexity index is 542. The minimum absolute atomic E-state index is 0.0728. The maximum atomic E-state index is 12.0. The van der Waals surface area contributed by atoms with Crippen LogP contribution in [0.3, 0.4) is 0 Å². The van der Waals surface area contributed by atoms with E-state index in [-0.39, 0.29) is 38.6 Å². The summed E-state index contributed by atoms with van der Waals surface area (Å²) in [5, 5.41) is 0. The number of carbonyl (C=O) groups excluding carboxylic acids is 4. The second-order valence-electron chi connectivity index (χ2n) is 5.88. The molecule has 0 aliphatic carbocycles. The average molecular weight is 416 g/mol. The smallest absolute Gasteiger partial charge is 0.344 e. The van der Waals surface area contributed by atoms with Gasteiger partial charge in [-0.25, -0.2) is 9.59 Å². The fraction of sp³-hybridized carbons (Fsp3) is 0.700. The number of esters is 4. The molecule has 0 N–H and O–H groups in total. The van der Waals surface area contributed by atoms with Crippen LogP contribution in [0.25, 0.3) is 0 Å². The van der Waals surface area contributed by atoms with Gasteiger partial charge in [-0.15, -0.1) is 0 Å². The van der Waals surface area contributed by atoms with Crippen molar-refractivity contribution in [2.75, 3.05) is 39.6 Å². The summed E-state index contributed by atoms with van der Waals surface area (Å²) >= 11 is 0. The average Bonchev–Trinajstić information content (AvgIpc) is 2.69. The van der Waals surface area contributed by atoms with Crippen LogP contribution in [0.4, 0.5) is 0 Å². The van der Waals surface area contributed by atoms with E-state index in [1.165, 1.54) is 0 Å². The second kappa shape index (κ2) is 16.5. The molecule has 0 rings (SSSR count). The summed E-state index contributed by atoms with van der Waals surface area (Å²) in [4.78, 5) is 46.7. The second-order valence-corrected chi connectivity index (χ2v) is 5.88. The van der Waals surface area contributed by atoms with Crippen LogP contribution in [-0.4, -0.2) is 63.5 Å². The SMILES string of the molecule is C=C(C(=O)OCC)C(=O)OCCCCCCOC(=O)C(COCC)C(=O)OCC. The maximum absolute atomic E-state index is 12.0. The van der Waals surface area contributed by atoms with Crippen molar-refractivity contribution in [1.29, 1.82) is 0 Å². The van der Waals surface area contributed by atoms with Crippen LogP contribution >= 0.6 is 0 Å². The Morgan fingerprint density at radius 1 is 0.690 bits per heavy atom. The third kappa shape index (κ3) is 11.9. The molecular weight excluding hydrogens is 384 g/mol. The molecule has 0 aromatic heterocycles. The molecule has 9 nitrogen and oxygen atoms in total. The molecule has 166 valence electrons. The van der Waals surface area contributed by atoms with Crippen molar-refractivity contribution >= 4 is 23.9 Å². The topological polar surface area (TPSA) is 114 Å². The summed E-state index contributed by atoms with van der Waals surface area (Å²) in [7, 11) is 0. The Labute approximate surface area is 171 Å². The predicted octanol–water partition coefficient (Wildman–Crippen LogP) is 1.97. The zero-order valence-corrected chi connectivity index (χ0v) is 17.5. The van der Waals surface area contributed by atoms with Crippen LogP contribution in [0.15, 0.2) is 12.2 Å². The fourth-order valence-corrected chi connectivity index (χ4v) is 2.10. The van der Waals surface area contributed by atoms with Crippen LogP contribution < -0.4 is 0 Å². The molecule has 1 unspecified atom stereocenters. The van der Waals surface area contributed by atoms with Gasteiger partial charge in [0, 0.05) is 6.61 Å². The van der Waals surface area contributed by atoms with E-state index in [2.05, 4.69) is 11.3 Å². The van der Waals surface area contributed by atoms with Gasteiger partial charge in [-0.2, -0.15) is 0 Å². The van der Waals surface area contributed by atoms with E-state index in [1.54, 1.807) is 20.8 Å². The van der Waals surface area contributed by atoms with Crippen LogP contribution in [0.2, 0.25) is 0 Å². The zero-order valence-electron chi connectivity index (χ0n) is 17.5. The van der Waals surface area contributed by atoms with Crippen LogP contribution in [0.1, 0.15) is 46.5 Å². The molecule has 0 heterocycles. The number of unbranched alkanes of at least 4 members (excludes halogenated alkanes) is 3. The van der Waals surface area contributed by atoms with Crippen molar-refractivity contribution in [3.05, 3.63) is 12.2 Å². The largest absolute Gasteiger partial charge is 0.465 e. The Hall–Kier alpha value is -2.42. The van der Waals surface area contributed by atoms with E-state index in [0.29, 0.717) is 19.4 Å². The van der Waals surface area contributed by atoms with Gasteiger partial charge in [0.25, 0.3) is 0 Å². The minimum atomic E-state index is -1.08. The van der Waals surface area contributed by atoms with Crippen molar-refractivity contribution in [1.82, 2.24) is 0 Å². The molecule has 0 aliphatic heterocycles. The summed E-state index contributed by atoms with van der Waals surface area (Å²) in [6.45, 7) is 9.34. The maximum Gasteiger partial charge on any atom is 0.344 e. The van der Waals surface area contributed by atoms with E-state index in [0.717, 1.165) is 12.8 Å². The van der Waals surface area contributed by atoms with Crippen molar-refractivity contribution < 1.29 is 42.9 Å². The highest BCUT2D eigenvalue weighted by Crippen LogP contribution is 2.08. The predicted molar refractivity (Wildman–Crippen MR) is 103 cm³/mol. The Morgan fingerprint density at radius 2 is 1.21 bits per heavy atom.